The highest BCUT2D eigenvalue weighted by atomic mass is 16.5. The van der Waals surface area contributed by atoms with Gasteiger partial charge in [0, 0.05) is 12.6 Å². The van der Waals surface area contributed by atoms with Crippen molar-refractivity contribution >= 4 is 5.97 Å². The summed E-state index contributed by atoms with van der Waals surface area (Å²) < 4.78 is 5.02. The summed E-state index contributed by atoms with van der Waals surface area (Å²) in [5.74, 6) is -0.153. The van der Waals surface area contributed by atoms with Crippen LogP contribution < -0.4 is 5.32 Å². The fraction of sp³-hybridized carbons (Fsp3) is 0.471. The number of hydrogen-bond donors (Lipinski definition) is 1. The van der Waals surface area contributed by atoms with Crippen LogP contribution in [0, 0.1) is 0 Å². The van der Waals surface area contributed by atoms with Gasteiger partial charge in [-0.15, -0.1) is 6.58 Å². The molecule has 0 aliphatic rings. The van der Waals surface area contributed by atoms with Gasteiger partial charge in [0.15, 0.2) is 0 Å². The van der Waals surface area contributed by atoms with Crippen LogP contribution in [0.5, 0.6) is 0 Å². The summed E-state index contributed by atoms with van der Waals surface area (Å²) in [6, 6.07) is 8.63. The molecule has 0 bridgehead atoms. The van der Waals surface area contributed by atoms with Gasteiger partial charge >= 0.3 is 5.97 Å². The van der Waals surface area contributed by atoms with E-state index >= 15 is 0 Å². The second kappa shape index (κ2) is 9.32. The zero-order valence-electron chi connectivity index (χ0n) is 12.5. The van der Waals surface area contributed by atoms with E-state index in [-0.39, 0.29) is 12.0 Å². The molecule has 1 aromatic carbocycles. The monoisotopic (exact) mass is 275 g/mol. The molecule has 3 heteroatoms. The van der Waals surface area contributed by atoms with E-state index in [0.29, 0.717) is 19.6 Å². The normalized spacial score (nSPS) is 11.9. The fourth-order valence-electron chi connectivity index (χ4n) is 2.08. The minimum absolute atomic E-state index is 0.0829. The van der Waals surface area contributed by atoms with Gasteiger partial charge in [0.2, 0.25) is 0 Å². The van der Waals surface area contributed by atoms with Crippen LogP contribution in [0.4, 0.5) is 0 Å². The van der Waals surface area contributed by atoms with Gasteiger partial charge < -0.3 is 10.1 Å². The van der Waals surface area contributed by atoms with Crippen LogP contribution in [0.15, 0.2) is 36.9 Å². The molecule has 1 unspecified atom stereocenters. The van der Waals surface area contributed by atoms with Crippen LogP contribution in [0.25, 0.3) is 0 Å². The average molecular weight is 275 g/mol. The number of carbonyl (C=O) groups is 1. The largest absolute Gasteiger partial charge is 0.466 e. The Balaban J connectivity index is 2.61. The van der Waals surface area contributed by atoms with Crippen LogP contribution in [0.3, 0.4) is 0 Å². The predicted octanol–water partition coefficient (Wildman–Crippen LogP) is 2.89. The van der Waals surface area contributed by atoms with E-state index in [9.17, 15) is 4.79 Å². The summed E-state index contributed by atoms with van der Waals surface area (Å²) >= 11 is 0. The Morgan fingerprint density at radius 2 is 1.95 bits per heavy atom. The van der Waals surface area contributed by atoms with Gasteiger partial charge in [0.1, 0.15) is 0 Å². The number of aryl methyl sites for hydroxylation is 1. The lowest BCUT2D eigenvalue weighted by Crippen LogP contribution is -2.34. The highest BCUT2D eigenvalue weighted by Crippen LogP contribution is 2.10. The number of rotatable bonds is 9. The molecule has 0 amide bonds. The maximum absolute atomic E-state index is 11.6. The maximum Gasteiger partial charge on any atom is 0.307 e. The molecule has 20 heavy (non-hydrogen) atoms. The molecule has 0 heterocycles. The molecule has 0 fully saturated rings. The molecule has 110 valence electrons. The number of nitrogens with one attached hydrogen (secondary N) is 1. The Morgan fingerprint density at radius 3 is 2.50 bits per heavy atom. The van der Waals surface area contributed by atoms with E-state index in [1.807, 2.05) is 6.92 Å². The Bertz CT molecular complexity index is 412. The molecule has 0 aromatic heterocycles. The van der Waals surface area contributed by atoms with Crippen molar-refractivity contribution in [3.8, 4) is 0 Å². The van der Waals surface area contributed by atoms with Gasteiger partial charge in [-0.2, -0.15) is 0 Å². The maximum atomic E-state index is 11.6. The number of esters is 1. The van der Waals surface area contributed by atoms with Crippen molar-refractivity contribution in [1.29, 1.82) is 0 Å². The van der Waals surface area contributed by atoms with E-state index in [1.54, 1.807) is 6.08 Å². The van der Waals surface area contributed by atoms with Crippen molar-refractivity contribution in [3.05, 3.63) is 48.0 Å². The molecule has 0 saturated carbocycles. The zero-order chi connectivity index (χ0) is 14.8. The first-order valence-electron chi connectivity index (χ1n) is 7.27. The molecule has 1 atom stereocenters. The molecule has 0 spiro atoms. The third-order valence-electron chi connectivity index (χ3n) is 3.18. The third kappa shape index (κ3) is 6.02. The first kappa shape index (κ1) is 16.4. The van der Waals surface area contributed by atoms with Gasteiger partial charge in [-0.25, -0.2) is 0 Å². The highest BCUT2D eigenvalue weighted by Gasteiger charge is 2.14. The molecule has 1 rings (SSSR count). The molecular weight excluding hydrogens is 250 g/mol. The quantitative estimate of drug-likeness (QED) is 0.556. The number of hydrogen-bond acceptors (Lipinski definition) is 3. The van der Waals surface area contributed by atoms with Crippen molar-refractivity contribution in [2.75, 3.05) is 13.2 Å². The zero-order valence-corrected chi connectivity index (χ0v) is 12.5. The first-order chi connectivity index (χ1) is 9.69. The molecule has 0 aliphatic heterocycles. The van der Waals surface area contributed by atoms with E-state index < -0.39 is 0 Å². The average Bonchev–Trinajstić information content (AvgIpc) is 2.45. The van der Waals surface area contributed by atoms with E-state index in [4.69, 9.17) is 4.74 Å². The van der Waals surface area contributed by atoms with E-state index in [2.05, 4.69) is 43.1 Å². The first-order valence-corrected chi connectivity index (χ1v) is 7.27. The van der Waals surface area contributed by atoms with Crippen molar-refractivity contribution in [3.63, 3.8) is 0 Å². The molecule has 0 saturated heterocycles. The van der Waals surface area contributed by atoms with Gasteiger partial charge in [0.25, 0.3) is 0 Å². The Morgan fingerprint density at radius 1 is 1.30 bits per heavy atom. The minimum Gasteiger partial charge on any atom is -0.466 e. The summed E-state index contributed by atoms with van der Waals surface area (Å²) in [5.41, 5.74) is 2.56. The molecule has 1 aromatic rings. The predicted molar refractivity (Wildman–Crippen MR) is 82.8 cm³/mol. The second-order valence-electron chi connectivity index (χ2n) is 4.78. The van der Waals surface area contributed by atoms with Gasteiger partial charge in [0.05, 0.1) is 13.0 Å². The minimum atomic E-state index is -0.153. The van der Waals surface area contributed by atoms with Gasteiger partial charge in [-0.3, -0.25) is 4.79 Å². The van der Waals surface area contributed by atoms with Crippen LogP contribution >= 0.6 is 0 Å². The summed E-state index contributed by atoms with van der Waals surface area (Å²) in [5, 5.41) is 3.32. The number of ether oxygens (including phenoxy) is 1. The number of carbonyl (C=O) groups excluding carboxylic acids is 1. The molecular formula is C17H25NO2. The lowest BCUT2D eigenvalue weighted by molar-refractivity contribution is -0.143. The summed E-state index contributed by atoms with van der Waals surface area (Å²) in [7, 11) is 0. The smallest absolute Gasteiger partial charge is 0.307 e. The Hall–Kier alpha value is -1.61. The summed E-state index contributed by atoms with van der Waals surface area (Å²) in [4.78, 5) is 11.6. The molecule has 0 radical (unpaired) electrons. The van der Waals surface area contributed by atoms with Crippen LogP contribution in [-0.4, -0.2) is 25.2 Å². The fourth-order valence-corrected chi connectivity index (χ4v) is 2.08. The Kier molecular flexibility index (Phi) is 7.66. The van der Waals surface area contributed by atoms with Crippen LogP contribution in [0.2, 0.25) is 0 Å². The molecule has 0 aliphatic carbocycles. The van der Waals surface area contributed by atoms with Crippen molar-refractivity contribution < 1.29 is 9.53 Å². The van der Waals surface area contributed by atoms with Crippen molar-refractivity contribution in [1.82, 2.24) is 5.32 Å². The second-order valence-corrected chi connectivity index (χ2v) is 4.78. The summed E-state index contributed by atoms with van der Waals surface area (Å²) in [6.45, 7) is 8.79. The topological polar surface area (TPSA) is 38.3 Å². The SMILES string of the molecule is C=CCNC(CC(=O)OCC)Cc1ccc(CC)cc1. The lowest BCUT2D eigenvalue weighted by Gasteiger charge is -2.17. The highest BCUT2D eigenvalue weighted by molar-refractivity contribution is 5.70. The summed E-state index contributed by atoms with van der Waals surface area (Å²) in [6.07, 6.45) is 4.05. The van der Waals surface area contributed by atoms with Crippen LogP contribution in [0.1, 0.15) is 31.4 Å². The van der Waals surface area contributed by atoms with Gasteiger partial charge in [-0.1, -0.05) is 37.3 Å². The van der Waals surface area contributed by atoms with Crippen molar-refractivity contribution in [2.45, 2.75) is 39.2 Å². The van der Waals surface area contributed by atoms with E-state index in [1.165, 1.54) is 11.1 Å². The van der Waals surface area contributed by atoms with Gasteiger partial charge in [-0.05, 0) is 30.9 Å². The van der Waals surface area contributed by atoms with E-state index in [0.717, 1.165) is 12.8 Å². The lowest BCUT2D eigenvalue weighted by atomic mass is 10.0. The van der Waals surface area contributed by atoms with Crippen LogP contribution in [-0.2, 0) is 22.4 Å². The Labute approximate surface area is 122 Å². The number of benzene rings is 1. The molecule has 3 nitrogen and oxygen atoms in total. The molecule has 1 N–H and O–H groups in total. The standard InChI is InChI=1S/C17H25NO2/c1-4-11-18-16(13-17(19)20-6-3)12-15-9-7-14(5-2)8-10-15/h4,7-10,16,18H,1,5-6,11-13H2,2-3H3. The van der Waals surface area contributed by atoms with Crippen molar-refractivity contribution in [2.24, 2.45) is 0 Å². The third-order valence-corrected chi connectivity index (χ3v) is 3.18.